The van der Waals surface area contributed by atoms with E-state index in [-0.39, 0.29) is 5.91 Å². The van der Waals surface area contributed by atoms with Crippen molar-refractivity contribution >= 4 is 17.3 Å². The predicted molar refractivity (Wildman–Crippen MR) is 73.5 cm³/mol. The predicted octanol–water partition coefficient (Wildman–Crippen LogP) is 2.74. The Labute approximate surface area is 111 Å². The van der Waals surface area contributed by atoms with Gasteiger partial charge in [-0.25, -0.2) is 0 Å². The van der Waals surface area contributed by atoms with Crippen molar-refractivity contribution in [2.24, 2.45) is 0 Å². The molecule has 100 valence electrons. The zero-order valence-corrected chi connectivity index (χ0v) is 11.1. The number of aryl methyl sites for hydroxylation is 2. The van der Waals surface area contributed by atoms with Crippen molar-refractivity contribution in [3.8, 4) is 5.75 Å². The number of ether oxygens (including phenoxy) is 1. The first kappa shape index (κ1) is 13.0. The number of rotatable bonds is 3. The monoisotopic (exact) mass is 260 g/mol. The second-order valence-electron chi connectivity index (χ2n) is 4.24. The second-order valence-corrected chi connectivity index (χ2v) is 4.24. The lowest BCUT2D eigenvalue weighted by molar-refractivity contribution is 0.102. The molecule has 1 amide bonds. The summed E-state index contributed by atoms with van der Waals surface area (Å²) < 4.78 is 10.4. The molecule has 19 heavy (non-hydrogen) atoms. The number of nitrogen functional groups attached to an aromatic ring is 1. The van der Waals surface area contributed by atoms with Crippen molar-refractivity contribution in [1.82, 2.24) is 0 Å². The number of anilines is 2. The molecule has 5 heteroatoms. The summed E-state index contributed by atoms with van der Waals surface area (Å²) in [5.41, 5.74) is 7.39. The van der Waals surface area contributed by atoms with Gasteiger partial charge in [-0.3, -0.25) is 4.79 Å². The molecule has 0 aliphatic heterocycles. The highest BCUT2D eigenvalue weighted by molar-refractivity contribution is 6.05. The number of carbonyl (C=O) groups excluding carboxylic acids is 1. The molecular weight excluding hydrogens is 244 g/mol. The van der Waals surface area contributed by atoms with Crippen molar-refractivity contribution in [3.63, 3.8) is 0 Å². The molecule has 5 nitrogen and oxygen atoms in total. The third-order valence-electron chi connectivity index (χ3n) is 2.77. The molecule has 0 radical (unpaired) electrons. The lowest BCUT2D eigenvalue weighted by Gasteiger charge is -2.08. The van der Waals surface area contributed by atoms with Crippen LogP contribution in [-0.4, -0.2) is 13.0 Å². The number of furan rings is 1. The van der Waals surface area contributed by atoms with E-state index < -0.39 is 0 Å². The van der Waals surface area contributed by atoms with Crippen molar-refractivity contribution in [1.29, 1.82) is 0 Å². The molecule has 3 N–H and O–H groups in total. The molecule has 1 aromatic heterocycles. The zero-order valence-electron chi connectivity index (χ0n) is 11.1. The molecule has 0 bridgehead atoms. The standard InChI is InChI=1S/C14H16N2O3/c1-8-6-11(9(2)19-8)14(17)16-10-4-5-13(18-3)12(15)7-10/h4-7H,15H2,1-3H3,(H,16,17). The van der Waals surface area contributed by atoms with Gasteiger partial charge < -0.3 is 20.2 Å². The number of methoxy groups -OCH3 is 1. The van der Waals surface area contributed by atoms with Gasteiger partial charge in [0, 0.05) is 5.69 Å². The van der Waals surface area contributed by atoms with E-state index in [0.717, 1.165) is 0 Å². The number of nitrogens with two attached hydrogens (primary N) is 1. The molecule has 0 atom stereocenters. The van der Waals surface area contributed by atoms with Gasteiger partial charge in [-0.1, -0.05) is 0 Å². The second kappa shape index (κ2) is 5.06. The number of hydrogen-bond donors (Lipinski definition) is 2. The summed E-state index contributed by atoms with van der Waals surface area (Å²) in [6.07, 6.45) is 0. The van der Waals surface area contributed by atoms with E-state index in [1.165, 1.54) is 0 Å². The maximum Gasteiger partial charge on any atom is 0.259 e. The van der Waals surface area contributed by atoms with Crippen LogP contribution in [0.25, 0.3) is 0 Å². The normalized spacial score (nSPS) is 10.3. The van der Waals surface area contributed by atoms with Crippen LogP contribution in [0, 0.1) is 13.8 Å². The third-order valence-corrected chi connectivity index (χ3v) is 2.77. The SMILES string of the molecule is COc1ccc(NC(=O)c2cc(C)oc2C)cc1N. The van der Waals surface area contributed by atoms with E-state index in [1.807, 2.05) is 0 Å². The zero-order chi connectivity index (χ0) is 14.0. The molecule has 2 aromatic rings. The Kier molecular flexibility index (Phi) is 3.46. The molecule has 0 spiro atoms. The van der Waals surface area contributed by atoms with Gasteiger partial charge in [0.05, 0.1) is 18.4 Å². The van der Waals surface area contributed by atoms with Crippen LogP contribution >= 0.6 is 0 Å². The Balaban J connectivity index is 2.19. The van der Waals surface area contributed by atoms with Crippen LogP contribution in [0.5, 0.6) is 5.75 Å². The number of amides is 1. The Bertz CT molecular complexity index is 617. The first-order valence-corrected chi connectivity index (χ1v) is 5.83. The summed E-state index contributed by atoms with van der Waals surface area (Å²) in [5, 5.41) is 2.77. The molecule has 0 unspecified atom stereocenters. The van der Waals surface area contributed by atoms with Crippen LogP contribution in [0.3, 0.4) is 0 Å². The van der Waals surface area contributed by atoms with E-state index in [2.05, 4.69) is 5.32 Å². The first-order chi connectivity index (χ1) is 9.01. The van der Waals surface area contributed by atoms with E-state index in [4.69, 9.17) is 14.9 Å². The summed E-state index contributed by atoms with van der Waals surface area (Å²) in [5.74, 6) is 1.65. The molecule has 0 saturated heterocycles. The van der Waals surface area contributed by atoms with Gasteiger partial charge in [0.15, 0.2) is 0 Å². The van der Waals surface area contributed by atoms with Gasteiger partial charge in [0.1, 0.15) is 17.3 Å². The smallest absolute Gasteiger partial charge is 0.259 e. The Morgan fingerprint density at radius 1 is 1.32 bits per heavy atom. The van der Waals surface area contributed by atoms with Crippen LogP contribution in [0.15, 0.2) is 28.7 Å². The summed E-state index contributed by atoms with van der Waals surface area (Å²) >= 11 is 0. The van der Waals surface area contributed by atoms with Crippen molar-refractivity contribution in [2.45, 2.75) is 13.8 Å². The average Bonchev–Trinajstić information content (AvgIpc) is 2.69. The number of nitrogens with one attached hydrogen (secondary N) is 1. The topological polar surface area (TPSA) is 77.5 Å². The summed E-state index contributed by atoms with van der Waals surface area (Å²) in [7, 11) is 1.54. The van der Waals surface area contributed by atoms with Crippen LogP contribution < -0.4 is 15.8 Å². The van der Waals surface area contributed by atoms with Gasteiger partial charge in [-0.05, 0) is 38.1 Å². The minimum absolute atomic E-state index is 0.223. The summed E-state index contributed by atoms with van der Waals surface area (Å²) in [4.78, 5) is 12.1. The van der Waals surface area contributed by atoms with E-state index in [0.29, 0.717) is 34.2 Å². The fraction of sp³-hybridized carbons (Fsp3) is 0.214. The van der Waals surface area contributed by atoms with E-state index >= 15 is 0 Å². The minimum atomic E-state index is -0.223. The lowest BCUT2D eigenvalue weighted by atomic mass is 10.2. The Morgan fingerprint density at radius 2 is 2.05 bits per heavy atom. The average molecular weight is 260 g/mol. The maximum absolute atomic E-state index is 12.1. The molecule has 0 saturated carbocycles. The highest BCUT2D eigenvalue weighted by Gasteiger charge is 2.14. The van der Waals surface area contributed by atoms with E-state index in [9.17, 15) is 4.79 Å². The summed E-state index contributed by atoms with van der Waals surface area (Å²) in [6.45, 7) is 3.56. The Morgan fingerprint density at radius 3 is 2.58 bits per heavy atom. The molecule has 0 aliphatic carbocycles. The number of carbonyl (C=O) groups is 1. The van der Waals surface area contributed by atoms with Crippen LogP contribution in [-0.2, 0) is 0 Å². The van der Waals surface area contributed by atoms with Gasteiger partial charge >= 0.3 is 0 Å². The molecule has 2 rings (SSSR count). The number of benzene rings is 1. The summed E-state index contributed by atoms with van der Waals surface area (Å²) in [6, 6.07) is 6.80. The van der Waals surface area contributed by atoms with E-state index in [1.54, 1.807) is 45.2 Å². The van der Waals surface area contributed by atoms with Gasteiger partial charge in [0.2, 0.25) is 0 Å². The first-order valence-electron chi connectivity index (χ1n) is 5.83. The fourth-order valence-electron chi connectivity index (χ4n) is 1.87. The van der Waals surface area contributed by atoms with Gasteiger partial charge in [-0.15, -0.1) is 0 Å². The van der Waals surface area contributed by atoms with Gasteiger partial charge in [-0.2, -0.15) is 0 Å². The molecule has 0 fully saturated rings. The highest BCUT2D eigenvalue weighted by Crippen LogP contribution is 2.25. The fourth-order valence-corrected chi connectivity index (χ4v) is 1.87. The third kappa shape index (κ3) is 2.70. The highest BCUT2D eigenvalue weighted by atomic mass is 16.5. The molecule has 1 aromatic carbocycles. The number of hydrogen-bond acceptors (Lipinski definition) is 4. The van der Waals surface area contributed by atoms with Crippen molar-refractivity contribution in [3.05, 3.63) is 41.3 Å². The van der Waals surface area contributed by atoms with Crippen LogP contribution in [0.2, 0.25) is 0 Å². The van der Waals surface area contributed by atoms with Crippen LogP contribution in [0.4, 0.5) is 11.4 Å². The maximum atomic E-state index is 12.1. The Hall–Kier alpha value is -2.43. The molecular formula is C14H16N2O3. The van der Waals surface area contributed by atoms with Crippen molar-refractivity contribution in [2.75, 3.05) is 18.2 Å². The lowest BCUT2D eigenvalue weighted by Crippen LogP contribution is -2.12. The van der Waals surface area contributed by atoms with Crippen LogP contribution in [0.1, 0.15) is 21.9 Å². The molecule has 1 heterocycles. The van der Waals surface area contributed by atoms with Crippen molar-refractivity contribution < 1.29 is 13.9 Å². The molecule has 0 aliphatic rings. The van der Waals surface area contributed by atoms with Gasteiger partial charge in [0.25, 0.3) is 5.91 Å². The minimum Gasteiger partial charge on any atom is -0.495 e. The largest absolute Gasteiger partial charge is 0.495 e. The quantitative estimate of drug-likeness (QED) is 0.832.